The van der Waals surface area contributed by atoms with E-state index in [4.69, 9.17) is 19.2 Å². The van der Waals surface area contributed by atoms with Crippen molar-refractivity contribution in [3.05, 3.63) is 64.7 Å². The molecule has 41 heavy (non-hydrogen) atoms. The number of carbonyl (C=O) groups is 3. The normalized spacial score (nSPS) is 16.6. The smallest absolute Gasteiger partial charge is 0.336 e. The number of aromatic nitrogens is 1. The molecule has 2 aromatic carbocycles. The maximum absolute atomic E-state index is 13.2. The van der Waals surface area contributed by atoms with E-state index in [1.807, 2.05) is 41.8 Å². The largest absolute Gasteiger partial charge is 0.495 e. The molecule has 1 N–H and O–H groups in total. The zero-order chi connectivity index (χ0) is 29.7. The maximum atomic E-state index is 13.2. The van der Waals surface area contributed by atoms with Crippen LogP contribution in [-0.4, -0.2) is 48.9 Å². The van der Waals surface area contributed by atoms with Gasteiger partial charge >= 0.3 is 11.9 Å². The summed E-state index contributed by atoms with van der Waals surface area (Å²) in [6.45, 7) is 8.88. The Hall–Kier alpha value is -4.31. The molecule has 1 aliphatic heterocycles. The van der Waals surface area contributed by atoms with Crippen LogP contribution in [0.3, 0.4) is 0 Å². The summed E-state index contributed by atoms with van der Waals surface area (Å²) in [6.07, 6.45) is 0. The van der Waals surface area contributed by atoms with Crippen LogP contribution >= 0.6 is 11.3 Å². The molecular formula is C31H33N3O6S. The predicted octanol–water partition coefficient (Wildman–Crippen LogP) is 6.02. The Morgan fingerprint density at radius 3 is 2.44 bits per heavy atom. The van der Waals surface area contributed by atoms with Crippen LogP contribution in [0.15, 0.2) is 64.1 Å². The lowest BCUT2D eigenvalue weighted by atomic mass is 9.75. The number of nitrogens with one attached hydrogen (secondary N) is 1. The van der Waals surface area contributed by atoms with Crippen LogP contribution in [0, 0.1) is 5.92 Å². The van der Waals surface area contributed by atoms with Crippen molar-refractivity contribution in [2.75, 3.05) is 25.6 Å². The Morgan fingerprint density at radius 1 is 1.00 bits per heavy atom. The number of amides is 1. The molecule has 214 valence electrons. The summed E-state index contributed by atoms with van der Waals surface area (Å²) in [5.74, 6) is -2.00. The fourth-order valence-corrected chi connectivity index (χ4v) is 5.79. The van der Waals surface area contributed by atoms with E-state index in [9.17, 15) is 14.4 Å². The van der Waals surface area contributed by atoms with Gasteiger partial charge in [-0.15, -0.1) is 11.3 Å². The van der Waals surface area contributed by atoms with E-state index in [0.717, 1.165) is 27.4 Å². The van der Waals surface area contributed by atoms with Crippen molar-refractivity contribution in [3.63, 3.8) is 0 Å². The first-order valence-corrected chi connectivity index (χ1v) is 14.2. The number of hydrogen-bond acceptors (Lipinski definition) is 9. The van der Waals surface area contributed by atoms with E-state index >= 15 is 0 Å². The summed E-state index contributed by atoms with van der Waals surface area (Å²) in [6, 6.07) is 13.1. The number of rotatable bonds is 9. The minimum absolute atomic E-state index is 0.200. The van der Waals surface area contributed by atoms with Gasteiger partial charge in [0.15, 0.2) is 0 Å². The van der Waals surface area contributed by atoms with Crippen LogP contribution in [-0.2, 0) is 23.9 Å². The standard InChI is InChI=1S/C31H33N3O6S/c1-7-39-30(36)26-17(3)32-18(4)27(31(37)40-8-2)28(26)21-10-9-11-22(14-21)29-34-24(16-41-29)20-12-13-25(38-6)23(15-20)33-19(5)35/h9-16,26,28H,7-8H2,1-6H3,(H,33,35). The number of esters is 2. The molecule has 0 fully saturated rings. The van der Waals surface area contributed by atoms with Gasteiger partial charge in [0.25, 0.3) is 0 Å². The van der Waals surface area contributed by atoms with Gasteiger partial charge in [0.1, 0.15) is 16.7 Å². The molecule has 0 spiro atoms. The van der Waals surface area contributed by atoms with E-state index in [2.05, 4.69) is 10.3 Å². The SMILES string of the molecule is CCOC(=O)C1=C(C)N=C(C)C(C(=O)OCC)C1c1cccc(-c2nc(-c3ccc(OC)c(NC(C)=O)c3)cs2)c1. The molecule has 0 saturated carbocycles. The monoisotopic (exact) mass is 575 g/mol. The Balaban J connectivity index is 1.75. The minimum atomic E-state index is -0.772. The molecule has 3 aromatic rings. The van der Waals surface area contributed by atoms with Crippen LogP contribution in [0.5, 0.6) is 5.75 Å². The number of carbonyl (C=O) groups excluding carboxylic acids is 3. The van der Waals surface area contributed by atoms with Crippen molar-refractivity contribution in [3.8, 4) is 27.6 Å². The second-order valence-corrected chi connectivity index (χ2v) is 10.3. The van der Waals surface area contributed by atoms with E-state index in [-0.39, 0.29) is 19.1 Å². The van der Waals surface area contributed by atoms with Crippen molar-refractivity contribution >= 4 is 40.6 Å². The van der Waals surface area contributed by atoms with E-state index in [1.54, 1.807) is 40.9 Å². The van der Waals surface area contributed by atoms with Crippen LogP contribution in [0.1, 0.15) is 46.1 Å². The third-order valence-corrected chi connectivity index (χ3v) is 7.56. The first kappa shape index (κ1) is 29.7. The second-order valence-electron chi connectivity index (χ2n) is 9.44. The van der Waals surface area contributed by atoms with Crippen LogP contribution in [0.25, 0.3) is 21.8 Å². The van der Waals surface area contributed by atoms with Crippen molar-refractivity contribution in [2.45, 2.75) is 40.5 Å². The van der Waals surface area contributed by atoms with E-state index < -0.39 is 23.8 Å². The lowest BCUT2D eigenvalue weighted by molar-refractivity contribution is -0.146. The van der Waals surface area contributed by atoms with Gasteiger partial charge in [-0.05, 0) is 57.5 Å². The molecular weight excluding hydrogens is 542 g/mol. The zero-order valence-corrected chi connectivity index (χ0v) is 24.8. The highest BCUT2D eigenvalue weighted by Gasteiger charge is 2.42. The highest BCUT2D eigenvalue weighted by molar-refractivity contribution is 7.13. The lowest BCUT2D eigenvalue weighted by Crippen LogP contribution is -2.36. The van der Waals surface area contributed by atoms with Gasteiger partial charge in [-0.1, -0.05) is 18.2 Å². The molecule has 0 bridgehead atoms. The summed E-state index contributed by atoms with van der Waals surface area (Å²) >= 11 is 1.47. The summed E-state index contributed by atoms with van der Waals surface area (Å²) in [5.41, 5.74) is 5.14. The van der Waals surface area contributed by atoms with Gasteiger partial charge in [0.2, 0.25) is 5.91 Å². The predicted molar refractivity (Wildman–Crippen MR) is 159 cm³/mol. The number of allylic oxidation sites excluding steroid dienone is 1. The number of hydrogen-bond donors (Lipinski definition) is 1. The topological polar surface area (TPSA) is 116 Å². The van der Waals surface area contributed by atoms with Gasteiger partial charge < -0.3 is 19.5 Å². The molecule has 1 amide bonds. The summed E-state index contributed by atoms with van der Waals surface area (Å²) in [4.78, 5) is 47.4. The third-order valence-electron chi connectivity index (χ3n) is 6.67. The summed E-state index contributed by atoms with van der Waals surface area (Å²) in [7, 11) is 1.55. The van der Waals surface area contributed by atoms with Crippen molar-refractivity contribution in [1.82, 2.24) is 4.98 Å². The van der Waals surface area contributed by atoms with E-state index in [1.165, 1.54) is 18.3 Å². The molecule has 2 atom stereocenters. The van der Waals surface area contributed by atoms with Gasteiger partial charge in [-0.3, -0.25) is 14.6 Å². The highest BCUT2D eigenvalue weighted by Crippen LogP contribution is 2.42. The van der Waals surface area contributed by atoms with Crippen molar-refractivity contribution in [1.29, 1.82) is 0 Å². The molecule has 0 saturated heterocycles. The number of nitrogens with zero attached hydrogens (tertiary/aromatic N) is 2. The number of thiazole rings is 1. The second kappa shape index (κ2) is 12.9. The van der Waals surface area contributed by atoms with Gasteiger partial charge in [0.05, 0.1) is 37.3 Å². The molecule has 4 rings (SSSR count). The molecule has 1 aromatic heterocycles. The number of methoxy groups -OCH3 is 1. The number of anilines is 1. The Kier molecular flexibility index (Phi) is 9.34. The van der Waals surface area contributed by atoms with Crippen LogP contribution in [0.2, 0.25) is 0 Å². The van der Waals surface area contributed by atoms with Crippen LogP contribution < -0.4 is 10.1 Å². The molecule has 0 radical (unpaired) electrons. The molecule has 9 nitrogen and oxygen atoms in total. The molecule has 2 heterocycles. The first-order chi connectivity index (χ1) is 19.7. The minimum Gasteiger partial charge on any atom is -0.495 e. The maximum Gasteiger partial charge on any atom is 0.336 e. The first-order valence-electron chi connectivity index (χ1n) is 13.3. The fraction of sp³-hybridized carbons (Fsp3) is 0.323. The number of benzene rings is 2. The summed E-state index contributed by atoms with van der Waals surface area (Å²) < 4.78 is 16.2. The lowest BCUT2D eigenvalue weighted by Gasteiger charge is -2.31. The molecule has 2 unspecified atom stereocenters. The molecule has 0 aliphatic carbocycles. The van der Waals surface area contributed by atoms with E-state index in [0.29, 0.717) is 28.4 Å². The number of ether oxygens (including phenoxy) is 3. The third kappa shape index (κ3) is 6.38. The van der Waals surface area contributed by atoms with Gasteiger partial charge in [0, 0.05) is 40.8 Å². The molecule has 1 aliphatic rings. The zero-order valence-electron chi connectivity index (χ0n) is 23.9. The average Bonchev–Trinajstić information content (AvgIpc) is 3.43. The quantitative estimate of drug-likeness (QED) is 0.310. The van der Waals surface area contributed by atoms with Crippen molar-refractivity contribution in [2.24, 2.45) is 10.9 Å². The van der Waals surface area contributed by atoms with Crippen LogP contribution in [0.4, 0.5) is 5.69 Å². The van der Waals surface area contributed by atoms with Crippen molar-refractivity contribution < 1.29 is 28.6 Å². The Morgan fingerprint density at radius 2 is 1.76 bits per heavy atom. The van der Waals surface area contributed by atoms with Gasteiger partial charge in [-0.2, -0.15) is 0 Å². The Bertz CT molecular complexity index is 1540. The Labute approximate surface area is 243 Å². The number of aliphatic imine (C=N–C) groups is 1. The highest BCUT2D eigenvalue weighted by atomic mass is 32.1. The summed E-state index contributed by atoms with van der Waals surface area (Å²) in [5, 5.41) is 5.48. The molecule has 10 heteroatoms. The van der Waals surface area contributed by atoms with Gasteiger partial charge in [-0.25, -0.2) is 9.78 Å². The average molecular weight is 576 g/mol. The fourth-order valence-electron chi connectivity index (χ4n) is 4.97.